The van der Waals surface area contributed by atoms with Crippen LogP contribution < -0.4 is 5.32 Å². The van der Waals surface area contributed by atoms with Crippen molar-refractivity contribution in [2.45, 2.75) is 25.3 Å². The Kier molecular flexibility index (Phi) is 5.68. The molecular weight excluding hydrogens is 212 g/mol. The van der Waals surface area contributed by atoms with Gasteiger partial charge in [-0.05, 0) is 12.0 Å². The molecule has 0 aliphatic heterocycles. The molecule has 0 aromatic heterocycles. The van der Waals surface area contributed by atoms with Crippen LogP contribution in [0.15, 0.2) is 30.3 Å². The maximum absolute atomic E-state index is 9.38. The van der Waals surface area contributed by atoms with Crippen LogP contribution in [0.4, 0.5) is 0 Å². The van der Waals surface area contributed by atoms with E-state index < -0.39 is 5.54 Å². The van der Waals surface area contributed by atoms with E-state index in [1.54, 1.807) is 7.11 Å². The van der Waals surface area contributed by atoms with Gasteiger partial charge in [0.2, 0.25) is 0 Å². The van der Waals surface area contributed by atoms with Gasteiger partial charge >= 0.3 is 0 Å². The average molecular weight is 232 g/mol. The van der Waals surface area contributed by atoms with E-state index in [0.29, 0.717) is 13.2 Å². The zero-order valence-corrected chi connectivity index (χ0v) is 10.6. The number of ether oxygens (including phenoxy) is 1. The van der Waals surface area contributed by atoms with E-state index in [1.807, 2.05) is 25.1 Å². The molecule has 0 spiro atoms. The summed E-state index contributed by atoms with van der Waals surface area (Å²) in [5.74, 6) is 0. The lowest BCUT2D eigenvalue weighted by Crippen LogP contribution is -2.46. The van der Waals surface area contributed by atoms with E-state index in [2.05, 4.69) is 23.5 Å². The SMILES string of the molecule is CCC(C#N)(Cc1ccccc1)NCCOC. The minimum absolute atomic E-state index is 0.486. The third-order valence-corrected chi connectivity index (χ3v) is 2.94. The molecule has 1 unspecified atom stereocenters. The number of benzene rings is 1. The molecule has 0 saturated carbocycles. The van der Waals surface area contributed by atoms with E-state index in [1.165, 1.54) is 5.56 Å². The highest BCUT2D eigenvalue weighted by molar-refractivity contribution is 5.22. The molecule has 3 heteroatoms. The summed E-state index contributed by atoms with van der Waals surface area (Å²) >= 11 is 0. The molecule has 0 aliphatic carbocycles. The molecule has 0 radical (unpaired) electrons. The predicted molar refractivity (Wildman–Crippen MR) is 68.7 cm³/mol. The van der Waals surface area contributed by atoms with Crippen LogP contribution in [0.3, 0.4) is 0 Å². The number of nitriles is 1. The van der Waals surface area contributed by atoms with Crippen molar-refractivity contribution in [1.29, 1.82) is 5.26 Å². The van der Waals surface area contributed by atoms with Crippen LogP contribution >= 0.6 is 0 Å². The van der Waals surface area contributed by atoms with Crippen molar-refractivity contribution in [3.05, 3.63) is 35.9 Å². The fourth-order valence-electron chi connectivity index (χ4n) is 1.81. The monoisotopic (exact) mass is 232 g/mol. The second-order valence-corrected chi connectivity index (χ2v) is 4.13. The molecule has 0 fully saturated rings. The van der Waals surface area contributed by atoms with Gasteiger partial charge in [-0.15, -0.1) is 0 Å². The summed E-state index contributed by atoms with van der Waals surface area (Å²) in [6.07, 6.45) is 1.51. The molecule has 1 aromatic carbocycles. The lowest BCUT2D eigenvalue weighted by Gasteiger charge is -2.26. The Balaban J connectivity index is 2.68. The number of hydrogen-bond donors (Lipinski definition) is 1. The Hall–Kier alpha value is -1.37. The summed E-state index contributed by atoms with van der Waals surface area (Å²) < 4.78 is 5.00. The van der Waals surface area contributed by atoms with Gasteiger partial charge in [-0.3, -0.25) is 5.32 Å². The summed E-state index contributed by atoms with van der Waals surface area (Å²) in [7, 11) is 1.67. The third kappa shape index (κ3) is 4.18. The maximum atomic E-state index is 9.38. The number of nitrogens with zero attached hydrogens (tertiary/aromatic N) is 1. The van der Waals surface area contributed by atoms with Gasteiger partial charge in [0.1, 0.15) is 5.54 Å². The van der Waals surface area contributed by atoms with Crippen LogP contribution in [0.1, 0.15) is 18.9 Å². The molecule has 1 rings (SSSR count). The Labute approximate surface area is 103 Å². The largest absolute Gasteiger partial charge is 0.383 e. The second kappa shape index (κ2) is 7.05. The van der Waals surface area contributed by atoms with Crippen LogP contribution in [-0.2, 0) is 11.2 Å². The zero-order valence-electron chi connectivity index (χ0n) is 10.6. The second-order valence-electron chi connectivity index (χ2n) is 4.13. The molecule has 0 bridgehead atoms. The highest BCUT2D eigenvalue weighted by atomic mass is 16.5. The van der Waals surface area contributed by atoms with Gasteiger partial charge in [-0.25, -0.2) is 0 Å². The molecular formula is C14H20N2O. The highest BCUT2D eigenvalue weighted by Crippen LogP contribution is 2.16. The summed E-state index contributed by atoms with van der Waals surface area (Å²) in [4.78, 5) is 0. The van der Waals surface area contributed by atoms with Crippen molar-refractivity contribution in [2.24, 2.45) is 0 Å². The molecule has 1 aromatic rings. The quantitative estimate of drug-likeness (QED) is 0.733. The molecule has 3 nitrogen and oxygen atoms in total. The van der Waals surface area contributed by atoms with Crippen molar-refractivity contribution in [3.63, 3.8) is 0 Å². The van der Waals surface area contributed by atoms with Gasteiger partial charge in [0.15, 0.2) is 0 Å². The van der Waals surface area contributed by atoms with Crippen molar-refractivity contribution in [3.8, 4) is 6.07 Å². The van der Waals surface area contributed by atoms with E-state index in [-0.39, 0.29) is 0 Å². The summed E-state index contributed by atoms with van der Waals surface area (Å²) in [5.41, 5.74) is 0.695. The van der Waals surface area contributed by atoms with Gasteiger partial charge in [0, 0.05) is 20.1 Å². The Bertz CT molecular complexity index is 358. The van der Waals surface area contributed by atoms with E-state index in [9.17, 15) is 5.26 Å². The van der Waals surface area contributed by atoms with Gasteiger partial charge in [0.05, 0.1) is 12.7 Å². The molecule has 0 aliphatic rings. The summed E-state index contributed by atoms with van der Waals surface area (Å²) in [6, 6.07) is 12.5. The van der Waals surface area contributed by atoms with E-state index in [0.717, 1.165) is 12.8 Å². The van der Waals surface area contributed by atoms with Gasteiger partial charge in [-0.1, -0.05) is 37.3 Å². The maximum Gasteiger partial charge on any atom is 0.110 e. The zero-order chi connectivity index (χ0) is 12.6. The van der Waals surface area contributed by atoms with Gasteiger partial charge in [-0.2, -0.15) is 5.26 Å². The summed E-state index contributed by atoms with van der Waals surface area (Å²) in [5, 5.41) is 12.7. The number of methoxy groups -OCH3 is 1. The first-order valence-corrected chi connectivity index (χ1v) is 5.95. The van der Waals surface area contributed by atoms with E-state index >= 15 is 0 Å². The van der Waals surface area contributed by atoms with Crippen molar-refractivity contribution < 1.29 is 4.74 Å². The van der Waals surface area contributed by atoms with Crippen molar-refractivity contribution in [2.75, 3.05) is 20.3 Å². The first-order chi connectivity index (χ1) is 8.26. The Morgan fingerprint density at radius 3 is 2.59 bits per heavy atom. The normalized spacial score (nSPS) is 13.9. The van der Waals surface area contributed by atoms with Crippen LogP contribution in [0.5, 0.6) is 0 Å². The molecule has 17 heavy (non-hydrogen) atoms. The first-order valence-electron chi connectivity index (χ1n) is 5.95. The van der Waals surface area contributed by atoms with Crippen LogP contribution in [0.25, 0.3) is 0 Å². The van der Waals surface area contributed by atoms with Crippen LogP contribution in [0, 0.1) is 11.3 Å². The van der Waals surface area contributed by atoms with E-state index in [4.69, 9.17) is 4.74 Å². The fourth-order valence-corrected chi connectivity index (χ4v) is 1.81. The minimum atomic E-state index is -0.486. The smallest absolute Gasteiger partial charge is 0.110 e. The summed E-state index contributed by atoms with van der Waals surface area (Å²) in [6.45, 7) is 3.36. The lowest BCUT2D eigenvalue weighted by atomic mass is 9.89. The van der Waals surface area contributed by atoms with Crippen molar-refractivity contribution >= 4 is 0 Å². The Morgan fingerprint density at radius 1 is 1.35 bits per heavy atom. The number of rotatable bonds is 7. The van der Waals surface area contributed by atoms with Crippen LogP contribution in [0.2, 0.25) is 0 Å². The number of hydrogen-bond acceptors (Lipinski definition) is 3. The van der Waals surface area contributed by atoms with Crippen molar-refractivity contribution in [1.82, 2.24) is 5.32 Å². The predicted octanol–water partition coefficient (Wildman–Crippen LogP) is 2.14. The number of nitrogens with one attached hydrogen (secondary N) is 1. The van der Waals surface area contributed by atoms with Gasteiger partial charge in [0.25, 0.3) is 0 Å². The molecule has 92 valence electrons. The minimum Gasteiger partial charge on any atom is -0.383 e. The van der Waals surface area contributed by atoms with Crippen LogP contribution in [-0.4, -0.2) is 25.8 Å². The molecule has 0 heterocycles. The fraction of sp³-hybridized carbons (Fsp3) is 0.500. The molecule has 1 atom stereocenters. The molecule has 0 saturated heterocycles. The molecule has 1 N–H and O–H groups in total. The average Bonchev–Trinajstić information content (AvgIpc) is 2.39. The Morgan fingerprint density at radius 2 is 2.06 bits per heavy atom. The standard InChI is InChI=1S/C14H20N2O/c1-3-14(12-15,16-9-10-17-2)11-13-7-5-4-6-8-13/h4-8,16H,3,9-11H2,1-2H3. The first kappa shape index (κ1) is 13.7. The lowest BCUT2D eigenvalue weighted by molar-refractivity contribution is 0.189. The van der Waals surface area contributed by atoms with Gasteiger partial charge < -0.3 is 4.74 Å². The molecule has 0 amide bonds. The third-order valence-electron chi connectivity index (χ3n) is 2.94. The topological polar surface area (TPSA) is 45.0 Å². The highest BCUT2D eigenvalue weighted by Gasteiger charge is 2.27.